The third-order valence-electron chi connectivity index (χ3n) is 2.62. The first kappa shape index (κ1) is 9.05. The molecule has 1 aliphatic carbocycles. The molecular formula is C9H15ClO. The number of alkyl halides is 1. The van der Waals surface area contributed by atoms with E-state index in [-0.39, 0.29) is 5.41 Å². The molecule has 1 fully saturated rings. The van der Waals surface area contributed by atoms with E-state index in [0.717, 1.165) is 19.1 Å². The van der Waals surface area contributed by atoms with Crippen molar-refractivity contribution < 1.29 is 4.79 Å². The van der Waals surface area contributed by atoms with E-state index in [9.17, 15) is 4.79 Å². The molecule has 1 rings (SSSR count). The Kier molecular flexibility index (Phi) is 3.38. The van der Waals surface area contributed by atoms with E-state index in [2.05, 4.69) is 0 Å². The van der Waals surface area contributed by atoms with Crippen LogP contribution in [0.1, 0.15) is 38.5 Å². The average molecular weight is 175 g/mol. The van der Waals surface area contributed by atoms with Crippen molar-refractivity contribution in [2.24, 2.45) is 5.41 Å². The van der Waals surface area contributed by atoms with Crippen LogP contribution in [0, 0.1) is 5.41 Å². The molecule has 0 aromatic heterocycles. The molecule has 0 bridgehead atoms. The first-order chi connectivity index (χ1) is 5.33. The maximum absolute atomic E-state index is 10.8. The normalized spacial score (nSPS) is 24.1. The predicted molar refractivity (Wildman–Crippen MR) is 46.9 cm³/mol. The molecule has 0 aromatic rings. The van der Waals surface area contributed by atoms with Gasteiger partial charge in [0.15, 0.2) is 0 Å². The molecule has 64 valence electrons. The molecular weight excluding hydrogens is 160 g/mol. The number of rotatable bonds is 2. The minimum atomic E-state index is -0.169. The lowest BCUT2D eigenvalue weighted by molar-refractivity contribution is -0.115. The van der Waals surface area contributed by atoms with Gasteiger partial charge in [-0.3, -0.25) is 0 Å². The highest BCUT2D eigenvalue weighted by Crippen LogP contribution is 2.33. The molecule has 0 atom stereocenters. The fourth-order valence-corrected chi connectivity index (χ4v) is 2.05. The van der Waals surface area contributed by atoms with Gasteiger partial charge in [-0.15, -0.1) is 11.6 Å². The molecule has 0 spiro atoms. The molecule has 0 aliphatic heterocycles. The van der Waals surface area contributed by atoms with Crippen LogP contribution in [0.2, 0.25) is 0 Å². The highest BCUT2D eigenvalue weighted by atomic mass is 35.5. The summed E-state index contributed by atoms with van der Waals surface area (Å²) < 4.78 is 0. The maximum Gasteiger partial charge on any atom is 0.127 e. The third kappa shape index (κ3) is 2.19. The van der Waals surface area contributed by atoms with Crippen LogP contribution in [0.5, 0.6) is 0 Å². The van der Waals surface area contributed by atoms with Gasteiger partial charge in [0.05, 0.1) is 0 Å². The van der Waals surface area contributed by atoms with Gasteiger partial charge in [0.2, 0.25) is 0 Å². The molecule has 0 heterocycles. The second-order valence-corrected chi connectivity index (χ2v) is 3.80. The van der Waals surface area contributed by atoms with Crippen molar-refractivity contribution in [1.29, 1.82) is 0 Å². The van der Waals surface area contributed by atoms with Crippen molar-refractivity contribution in [3.8, 4) is 0 Å². The SMILES string of the molecule is O=CC1(CCl)CCCCCC1. The van der Waals surface area contributed by atoms with Gasteiger partial charge in [-0.1, -0.05) is 25.7 Å². The largest absolute Gasteiger partial charge is 0.303 e. The first-order valence-electron chi connectivity index (χ1n) is 4.35. The molecule has 2 heteroatoms. The molecule has 1 saturated carbocycles. The summed E-state index contributed by atoms with van der Waals surface area (Å²) in [4.78, 5) is 10.8. The summed E-state index contributed by atoms with van der Waals surface area (Å²) >= 11 is 5.78. The fraction of sp³-hybridized carbons (Fsp3) is 0.889. The van der Waals surface area contributed by atoms with E-state index in [1.54, 1.807) is 0 Å². The Morgan fingerprint density at radius 3 is 2.09 bits per heavy atom. The van der Waals surface area contributed by atoms with E-state index >= 15 is 0 Å². The van der Waals surface area contributed by atoms with E-state index in [1.165, 1.54) is 25.7 Å². The van der Waals surface area contributed by atoms with Crippen molar-refractivity contribution in [3.63, 3.8) is 0 Å². The second kappa shape index (κ2) is 4.10. The first-order valence-corrected chi connectivity index (χ1v) is 4.89. The van der Waals surface area contributed by atoms with Gasteiger partial charge in [0, 0.05) is 11.3 Å². The summed E-state index contributed by atoms with van der Waals surface area (Å²) in [5.41, 5.74) is -0.169. The van der Waals surface area contributed by atoms with Crippen molar-refractivity contribution in [3.05, 3.63) is 0 Å². The minimum absolute atomic E-state index is 0.169. The Morgan fingerprint density at radius 2 is 1.73 bits per heavy atom. The van der Waals surface area contributed by atoms with Gasteiger partial charge < -0.3 is 4.79 Å². The van der Waals surface area contributed by atoms with Crippen LogP contribution < -0.4 is 0 Å². The summed E-state index contributed by atoms with van der Waals surface area (Å²) in [6.45, 7) is 0. The number of carbonyl (C=O) groups excluding carboxylic acids is 1. The number of carbonyl (C=O) groups is 1. The summed E-state index contributed by atoms with van der Waals surface area (Å²) in [7, 11) is 0. The van der Waals surface area contributed by atoms with Crippen LogP contribution in [0.25, 0.3) is 0 Å². The van der Waals surface area contributed by atoms with E-state index in [1.807, 2.05) is 0 Å². The van der Waals surface area contributed by atoms with E-state index in [0.29, 0.717) is 5.88 Å². The van der Waals surface area contributed by atoms with Gasteiger partial charge >= 0.3 is 0 Å². The molecule has 1 aliphatic rings. The Balaban J connectivity index is 2.55. The quantitative estimate of drug-likeness (QED) is 0.358. The molecule has 1 nitrogen and oxygen atoms in total. The molecule has 0 amide bonds. The van der Waals surface area contributed by atoms with E-state index in [4.69, 9.17) is 11.6 Å². The lowest BCUT2D eigenvalue weighted by Gasteiger charge is -2.22. The number of hydrogen-bond donors (Lipinski definition) is 0. The van der Waals surface area contributed by atoms with Gasteiger partial charge in [0.25, 0.3) is 0 Å². The second-order valence-electron chi connectivity index (χ2n) is 3.53. The van der Waals surface area contributed by atoms with Crippen LogP contribution in [0.3, 0.4) is 0 Å². The van der Waals surface area contributed by atoms with Gasteiger partial charge in [-0.25, -0.2) is 0 Å². The highest BCUT2D eigenvalue weighted by molar-refractivity contribution is 6.19. The standard InChI is InChI=1S/C9H15ClO/c10-7-9(8-11)5-3-1-2-4-6-9/h8H,1-7H2. The van der Waals surface area contributed by atoms with Gasteiger partial charge in [-0.2, -0.15) is 0 Å². The topological polar surface area (TPSA) is 17.1 Å². The molecule has 11 heavy (non-hydrogen) atoms. The van der Waals surface area contributed by atoms with Crippen LogP contribution in [-0.2, 0) is 4.79 Å². The smallest absolute Gasteiger partial charge is 0.127 e. The number of hydrogen-bond acceptors (Lipinski definition) is 1. The Bertz CT molecular complexity index is 126. The third-order valence-corrected chi connectivity index (χ3v) is 3.15. The molecule has 0 unspecified atom stereocenters. The minimum Gasteiger partial charge on any atom is -0.303 e. The molecule has 0 radical (unpaired) electrons. The van der Waals surface area contributed by atoms with Crippen LogP contribution in [-0.4, -0.2) is 12.2 Å². The Morgan fingerprint density at radius 1 is 1.18 bits per heavy atom. The van der Waals surface area contributed by atoms with E-state index < -0.39 is 0 Å². The van der Waals surface area contributed by atoms with Gasteiger partial charge in [0.1, 0.15) is 6.29 Å². The predicted octanol–water partition coefficient (Wildman–Crippen LogP) is 2.76. The molecule has 0 saturated heterocycles. The molecule has 0 aromatic carbocycles. The molecule has 0 N–H and O–H groups in total. The Hall–Kier alpha value is -0.0400. The van der Waals surface area contributed by atoms with Gasteiger partial charge in [-0.05, 0) is 12.8 Å². The zero-order valence-electron chi connectivity index (χ0n) is 6.81. The average Bonchev–Trinajstić information content (AvgIpc) is 2.30. The van der Waals surface area contributed by atoms with Crippen molar-refractivity contribution >= 4 is 17.9 Å². The summed E-state index contributed by atoms with van der Waals surface area (Å²) in [6, 6.07) is 0. The zero-order valence-corrected chi connectivity index (χ0v) is 7.57. The summed E-state index contributed by atoms with van der Waals surface area (Å²) in [5.74, 6) is 0.510. The highest BCUT2D eigenvalue weighted by Gasteiger charge is 2.29. The van der Waals surface area contributed by atoms with Crippen LogP contribution in [0.4, 0.5) is 0 Å². The summed E-state index contributed by atoms with van der Waals surface area (Å²) in [5, 5.41) is 0. The maximum atomic E-state index is 10.8. The van der Waals surface area contributed by atoms with Crippen LogP contribution >= 0.6 is 11.6 Å². The fourth-order valence-electron chi connectivity index (χ4n) is 1.72. The zero-order chi connectivity index (χ0) is 8.16. The lowest BCUT2D eigenvalue weighted by atomic mass is 9.84. The van der Waals surface area contributed by atoms with Crippen molar-refractivity contribution in [1.82, 2.24) is 0 Å². The number of halogens is 1. The number of aldehydes is 1. The van der Waals surface area contributed by atoms with Crippen LogP contribution in [0.15, 0.2) is 0 Å². The monoisotopic (exact) mass is 174 g/mol. The van der Waals surface area contributed by atoms with Crippen molar-refractivity contribution in [2.45, 2.75) is 38.5 Å². The summed E-state index contributed by atoms with van der Waals surface area (Å²) in [6.07, 6.45) is 7.96. The lowest BCUT2D eigenvalue weighted by Crippen LogP contribution is -2.23. The Labute approximate surface area is 73.1 Å². The van der Waals surface area contributed by atoms with Crippen molar-refractivity contribution in [2.75, 3.05) is 5.88 Å².